The highest BCUT2D eigenvalue weighted by molar-refractivity contribution is 6.21. The minimum atomic E-state index is -0.854. The Morgan fingerprint density at radius 2 is 1.64 bits per heavy atom. The van der Waals surface area contributed by atoms with Crippen LogP contribution in [0.1, 0.15) is 26.5 Å². The number of rotatable bonds is 6. The summed E-state index contributed by atoms with van der Waals surface area (Å²) in [7, 11) is 0. The number of amides is 2. The summed E-state index contributed by atoms with van der Waals surface area (Å²) in [6.07, 6.45) is 2.86. The molecule has 10 heteroatoms. The Morgan fingerprint density at radius 3 is 2.30 bits per heavy atom. The molecule has 33 heavy (non-hydrogen) atoms. The average Bonchev–Trinajstić information content (AvgIpc) is 3.59. The van der Waals surface area contributed by atoms with E-state index in [-0.39, 0.29) is 16.8 Å². The van der Waals surface area contributed by atoms with Crippen molar-refractivity contribution in [1.29, 1.82) is 0 Å². The maximum absolute atomic E-state index is 13.1. The Kier molecular flexibility index (Phi) is 5.07. The number of esters is 1. The van der Waals surface area contributed by atoms with Crippen LogP contribution in [0.5, 0.6) is 0 Å². The molecule has 0 N–H and O–H groups in total. The third-order valence-electron chi connectivity index (χ3n) is 4.96. The van der Waals surface area contributed by atoms with Crippen molar-refractivity contribution in [3.8, 4) is 11.4 Å². The number of carbonyl (C=O) groups excluding carboxylic acids is 3. The summed E-state index contributed by atoms with van der Waals surface area (Å²) >= 11 is 0. The second-order valence-electron chi connectivity index (χ2n) is 6.97. The van der Waals surface area contributed by atoms with Gasteiger partial charge in [0.25, 0.3) is 11.8 Å². The highest BCUT2D eigenvalue weighted by Gasteiger charge is 2.36. The van der Waals surface area contributed by atoms with Gasteiger partial charge in [0.2, 0.25) is 0 Å². The molecule has 0 saturated carbocycles. The van der Waals surface area contributed by atoms with Gasteiger partial charge in [-0.15, -0.1) is 5.10 Å². The lowest BCUT2D eigenvalue weighted by molar-refractivity contribution is -0.139. The van der Waals surface area contributed by atoms with E-state index >= 15 is 0 Å². The molecule has 162 valence electrons. The summed E-state index contributed by atoms with van der Waals surface area (Å²) in [6.45, 7) is -0.566. The van der Waals surface area contributed by atoms with Crippen LogP contribution in [0.25, 0.3) is 23.2 Å². The lowest BCUT2D eigenvalue weighted by atomic mass is 10.1. The second kappa shape index (κ2) is 8.35. The standard InChI is InChI=1S/C23H15N5O5/c29-21-17-10-4-5-11-18(17)22(30)27(21)14-33-23(31)19(13-16-9-6-12-32-16)28-20(24-25-26-28)15-7-2-1-3-8-15/h1-13H,14H2/b19-13-. The fourth-order valence-electron chi connectivity index (χ4n) is 3.38. The first-order chi connectivity index (χ1) is 16.1. The van der Waals surface area contributed by atoms with E-state index in [1.807, 2.05) is 18.2 Å². The fraction of sp³-hybridized carbons (Fsp3) is 0.0435. The fourth-order valence-corrected chi connectivity index (χ4v) is 3.38. The molecule has 0 atom stereocenters. The molecule has 0 aliphatic carbocycles. The number of ether oxygens (including phenoxy) is 1. The quantitative estimate of drug-likeness (QED) is 0.254. The van der Waals surface area contributed by atoms with Gasteiger partial charge < -0.3 is 9.15 Å². The van der Waals surface area contributed by atoms with E-state index in [9.17, 15) is 14.4 Å². The van der Waals surface area contributed by atoms with Crippen LogP contribution < -0.4 is 0 Å². The molecule has 1 aliphatic heterocycles. The van der Waals surface area contributed by atoms with Crippen LogP contribution in [0, 0.1) is 0 Å². The number of aromatic nitrogens is 4. The van der Waals surface area contributed by atoms with Gasteiger partial charge >= 0.3 is 5.97 Å². The topological polar surface area (TPSA) is 120 Å². The van der Waals surface area contributed by atoms with Crippen molar-refractivity contribution >= 4 is 29.6 Å². The molecule has 0 spiro atoms. The third kappa shape index (κ3) is 3.69. The molecule has 0 bridgehead atoms. The highest BCUT2D eigenvalue weighted by Crippen LogP contribution is 2.24. The van der Waals surface area contributed by atoms with Crippen molar-refractivity contribution in [2.75, 3.05) is 6.73 Å². The maximum atomic E-state index is 13.1. The first-order valence-electron chi connectivity index (χ1n) is 9.85. The van der Waals surface area contributed by atoms with E-state index in [1.54, 1.807) is 48.5 Å². The Morgan fingerprint density at radius 1 is 0.939 bits per heavy atom. The molecule has 0 unspecified atom stereocenters. The van der Waals surface area contributed by atoms with Crippen molar-refractivity contribution in [3.05, 3.63) is 89.9 Å². The minimum Gasteiger partial charge on any atom is -0.465 e. The molecule has 10 nitrogen and oxygen atoms in total. The number of fused-ring (bicyclic) bond motifs is 1. The third-order valence-corrected chi connectivity index (χ3v) is 4.96. The van der Waals surface area contributed by atoms with E-state index in [0.717, 1.165) is 4.90 Å². The van der Waals surface area contributed by atoms with Crippen LogP contribution in [0.2, 0.25) is 0 Å². The summed E-state index contributed by atoms with van der Waals surface area (Å²) in [5.74, 6) is -1.27. The molecule has 1 aliphatic rings. The van der Waals surface area contributed by atoms with Gasteiger partial charge in [-0.1, -0.05) is 42.5 Å². The summed E-state index contributed by atoms with van der Waals surface area (Å²) in [5, 5.41) is 11.6. The average molecular weight is 441 g/mol. The molecular weight excluding hydrogens is 426 g/mol. The largest absolute Gasteiger partial charge is 0.465 e. The predicted octanol–water partition coefficient (Wildman–Crippen LogP) is 2.73. The van der Waals surface area contributed by atoms with Crippen molar-refractivity contribution < 1.29 is 23.5 Å². The molecule has 5 rings (SSSR count). The van der Waals surface area contributed by atoms with E-state index in [1.165, 1.54) is 17.0 Å². The van der Waals surface area contributed by atoms with Gasteiger partial charge in [0, 0.05) is 11.6 Å². The van der Waals surface area contributed by atoms with Crippen LogP contribution >= 0.6 is 0 Å². The molecule has 2 aromatic carbocycles. The SMILES string of the molecule is O=C(OCN1C(=O)c2ccccc2C1=O)/C(=C/c1ccco1)n1nnnc1-c1ccccc1. The summed E-state index contributed by atoms with van der Waals surface area (Å²) in [5.41, 5.74) is 1.12. The number of furan rings is 1. The van der Waals surface area contributed by atoms with E-state index in [4.69, 9.17) is 9.15 Å². The minimum absolute atomic E-state index is 0.0644. The first kappa shape index (κ1) is 20.1. The highest BCUT2D eigenvalue weighted by atomic mass is 16.5. The van der Waals surface area contributed by atoms with Gasteiger partial charge in [0.1, 0.15) is 5.76 Å². The normalized spacial score (nSPS) is 13.3. The number of nitrogens with zero attached hydrogens (tertiary/aromatic N) is 5. The lowest BCUT2D eigenvalue weighted by Crippen LogP contribution is -2.33. The van der Waals surface area contributed by atoms with Crippen LogP contribution in [-0.2, 0) is 9.53 Å². The smallest absolute Gasteiger partial charge is 0.359 e. The predicted molar refractivity (Wildman–Crippen MR) is 114 cm³/mol. The van der Waals surface area contributed by atoms with Crippen LogP contribution in [-0.4, -0.2) is 49.6 Å². The molecule has 0 saturated heterocycles. The van der Waals surface area contributed by atoms with Crippen LogP contribution in [0.4, 0.5) is 0 Å². The number of tetrazole rings is 1. The summed E-state index contributed by atoms with van der Waals surface area (Å²) in [4.78, 5) is 39.1. The van der Waals surface area contributed by atoms with E-state index in [2.05, 4.69) is 15.5 Å². The zero-order chi connectivity index (χ0) is 22.8. The number of carbonyl (C=O) groups is 3. The number of benzene rings is 2. The van der Waals surface area contributed by atoms with E-state index < -0.39 is 24.5 Å². The van der Waals surface area contributed by atoms with Crippen LogP contribution in [0.15, 0.2) is 77.4 Å². The zero-order valence-corrected chi connectivity index (χ0v) is 17.0. The van der Waals surface area contributed by atoms with Crippen molar-refractivity contribution in [2.24, 2.45) is 0 Å². The Bertz CT molecular complexity index is 1340. The van der Waals surface area contributed by atoms with Gasteiger partial charge in [0.05, 0.1) is 17.4 Å². The Hall–Kier alpha value is -4.86. The first-order valence-corrected chi connectivity index (χ1v) is 9.85. The maximum Gasteiger partial charge on any atom is 0.359 e. The van der Waals surface area contributed by atoms with E-state index in [0.29, 0.717) is 17.1 Å². The molecule has 4 aromatic rings. The van der Waals surface area contributed by atoms with Crippen LogP contribution in [0.3, 0.4) is 0 Å². The molecule has 0 radical (unpaired) electrons. The molecule has 3 heterocycles. The molecular formula is C23H15N5O5. The van der Waals surface area contributed by atoms with Crippen molar-refractivity contribution in [2.45, 2.75) is 0 Å². The van der Waals surface area contributed by atoms with Gasteiger partial charge in [-0.3, -0.25) is 9.59 Å². The summed E-state index contributed by atoms with van der Waals surface area (Å²) in [6, 6.07) is 18.8. The lowest BCUT2D eigenvalue weighted by Gasteiger charge is -2.15. The second-order valence-corrected chi connectivity index (χ2v) is 6.97. The van der Waals surface area contributed by atoms with Crippen molar-refractivity contribution in [3.63, 3.8) is 0 Å². The number of imide groups is 1. The van der Waals surface area contributed by atoms with Gasteiger partial charge in [-0.25, -0.2) is 9.69 Å². The van der Waals surface area contributed by atoms with Gasteiger partial charge in [0.15, 0.2) is 18.3 Å². The molecule has 2 amide bonds. The van der Waals surface area contributed by atoms with Gasteiger partial charge in [-0.2, -0.15) is 4.68 Å². The molecule has 2 aromatic heterocycles. The Labute approximate surface area is 186 Å². The zero-order valence-electron chi connectivity index (χ0n) is 17.0. The summed E-state index contributed by atoms with van der Waals surface area (Å²) < 4.78 is 11.9. The monoisotopic (exact) mass is 441 g/mol. The molecule has 0 fully saturated rings. The number of hydrogen-bond donors (Lipinski definition) is 0. The van der Waals surface area contributed by atoms with Gasteiger partial charge in [-0.05, 0) is 34.7 Å². The van der Waals surface area contributed by atoms with Crippen molar-refractivity contribution in [1.82, 2.24) is 25.1 Å². The number of hydrogen-bond acceptors (Lipinski definition) is 8. The Balaban J connectivity index is 1.44.